The molecular weight excluding hydrogens is 418 g/mol. The Morgan fingerprint density at radius 2 is 2.03 bits per heavy atom. The van der Waals surface area contributed by atoms with E-state index in [1.54, 1.807) is 40.0 Å². The maximum Gasteiger partial charge on any atom is 0.227 e. The smallest absolute Gasteiger partial charge is 0.227 e. The number of carbonyl (C=O) groups excluding carboxylic acids is 2. The molecule has 3 heterocycles. The molecule has 3 aromatic rings. The van der Waals surface area contributed by atoms with Crippen LogP contribution in [0.15, 0.2) is 36.8 Å². The molecule has 1 unspecified atom stereocenters. The number of benzene rings is 1. The molecular formula is C21H24ClN7O2. The predicted octanol–water partition coefficient (Wildman–Crippen LogP) is 2.47. The van der Waals surface area contributed by atoms with Gasteiger partial charge in [-0.15, -0.1) is 0 Å². The minimum absolute atomic E-state index is 0.0654. The van der Waals surface area contributed by atoms with E-state index in [0.29, 0.717) is 30.3 Å². The van der Waals surface area contributed by atoms with Gasteiger partial charge in [0.25, 0.3) is 0 Å². The molecule has 0 bridgehead atoms. The summed E-state index contributed by atoms with van der Waals surface area (Å²) in [4.78, 5) is 35.2. The molecule has 2 amide bonds. The Morgan fingerprint density at radius 1 is 1.23 bits per heavy atom. The first-order chi connectivity index (χ1) is 15.1. The maximum absolute atomic E-state index is 12.6. The number of nitrogens with zero attached hydrogens (tertiary/aromatic N) is 5. The molecule has 1 aromatic carbocycles. The van der Waals surface area contributed by atoms with E-state index in [9.17, 15) is 9.59 Å². The highest BCUT2D eigenvalue weighted by Crippen LogP contribution is 2.26. The first-order valence-electron chi connectivity index (χ1n) is 10.3. The van der Waals surface area contributed by atoms with Gasteiger partial charge in [0.05, 0.1) is 24.0 Å². The number of anilines is 2. The van der Waals surface area contributed by atoms with E-state index in [-0.39, 0.29) is 24.2 Å². The maximum atomic E-state index is 12.6. The van der Waals surface area contributed by atoms with Crippen LogP contribution in [0.5, 0.6) is 0 Å². The number of hydrogen-bond acceptors (Lipinski definition) is 6. The standard InChI is InChI=1S/C21H24ClN7O2/c1-2-7-23-19-17-11-27-29(20(17)26-13-25-19)9-8-24-21(31)14-10-18(30)28(12-14)16-5-3-15(22)4-6-16/h3-6,11,13-14H,2,7-10,12H2,1H3,(H,24,31)(H,23,25,26). The van der Waals surface area contributed by atoms with Gasteiger partial charge in [-0.1, -0.05) is 18.5 Å². The summed E-state index contributed by atoms with van der Waals surface area (Å²) in [5.74, 6) is 0.171. The lowest BCUT2D eigenvalue weighted by Crippen LogP contribution is -2.35. The highest BCUT2D eigenvalue weighted by atomic mass is 35.5. The van der Waals surface area contributed by atoms with Crippen molar-refractivity contribution in [1.29, 1.82) is 0 Å². The van der Waals surface area contributed by atoms with Gasteiger partial charge in [0, 0.05) is 36.8 Å². The summed E-state index contributed by atoms with van der Waals surface area (Å²) in [6.07, 6.45) is 4.42. The molecule has 0 radical (unpaired) electrons. The Morgan fingerprint density at radius 3 is 2.81 bits per heavy atom. The van der Waals surface area contributed by atoms with Gasteiger partial charge in [0.1, 0.15) is 12.1 Å². The Kier molecular flexibility index (Phi) is 6.31. The topological polar surface area (TPSA) is 105 Å². The third kappa shape index (κ3) is 4.61. The molecule has 1 atom stereocenters. The van der Waals surface area contributed by atoms with Crippen LogP contribution in [0.2, 0.25) is 5.02 Å². The molecule has 0 saturated carbocycles. The van der Waals surface area contributed by atoms with Gasteiger partial charge >= 0.3 is 0 Å². The fraction of sp³-hybridized carbons (Fsp3) is 0.381. The largest absolute Gasteiger partial charge is 0.369 e. The number of fused-ring (bicyclic) bond motifs is 1. The molecule has 0 spiro atoms. The van der Waals surface area contributed by atoms with Crippen LogP contribution in [-0.2, 0) is 16.1 Å². The molecule has 2 N–H and O–H groups in total. The van der Waals surface area contributed by atoms with Crippen LogP contribution in [-0.4, -0.2) is 51.2 Å². The van der Waals surface area contributed by atoms with Gasteiger partial charge in [0.15, 0.2) is 5.65 Å². The summed E-state index contributed by atoms with van der Waals surface area (Å²) < 4.78 is 1.74. The van der Waals surface area contributed by atoms with Gasteiger partial charge < -0.3 is 15.5 Å². The Hall–Kier alpha value is -3.20. The lowest BCUT2D eigenvalue weighted by atomic mass is 10.1. The zero-order chi connectivity index (χ0) is 21.8. The number of rotatable bonds is 8. The van der Waals surface area contributed by atoms with Crippen molar-refractivity contribution in [3.8, 4) is 0 Å². The number of nitrogens with one attached hydrogen (secondary N) is 2. The second-order valence-electron chi connectivity index (χ2n) is 7.43. The quantitative estimate of drug-likeness (QED) is 0.556. The molecule has 2 aromatic heterocycles. The average Bonchev–Trinajstić information content (AvgIpc) is 3.37. The van der Waals surface area contributed by atoms with Crippen molar-refractivity contribution in [2.75, 3.05) is 29.9 Å². The Labute approximate surface area is 184 Å². The van der Waals surface area contributed by atoms with Crippen molar-refractivity contribution in [2.24, 2.45) is 5.92 Å². The molecule has 162 valence electrons. The lowest BCUT2D eigenvalue weighted by molar-refractivity contribution is -0.126. The number of hydrogen-bond donors (Lipinski definition) is 2. The highest BCUT2D eigenvalue weighted by molar-refractivity contribution is 6.30. The molecule has 9 nitrogen and oxygen atoms in total. The Balaban J connectivity index is 1.33. The lowest BCUT2D eigenvalue weighted by Gasteiger charge is -2.16. The summed E-state index contributed by atoms with van der Waals surface area (Å²) >= 11 is 5.91. The summed E-state index contributed by atoms with van der Waals surface area (Å²) in [7, 11) is 0. The average molecular weight is 442 g/mol. The van der Waals surface area contributed by atoms with Crippen molar-refractivity contribution in [1.82, 2.24) is 25.1 Å². The first-order valence-corrected chi connectivity index (χ1v) is 10.7. The van der Waals surface area contributed by atoms with Crippen LogP contribution in [0.3, 0.4) is 0 Å². The van der Waals surface area contributed by atoms with Crippen LogP contribution in [0.25, 0.3) is 11.0 Å². The number of amides is 2. The van der Waals surface area contributed by atoms with E-state index in [4.69, 9.17) is 11.6 Å². The van der Waals surface area contributed by atoms with E-state index in [1.807, 2.05) is 0 Å². The van der Waals surface area contributed by atoms with Gasteiger partial charge in [-0.05, 0) is 30.7 Å². The van der Waals surface area contributed by atoms with Crippen molar-refractivity contribution in [2.45, 2.75) is 26.3 Å². The summed E-state index contributed by atoms with van der Waals surface area (Å²) in [6, 6.07) is 7.04. The van der Waals surface area contributed by atoms with Crippen molar-refractivity contribution in [3.05, 3.63) is 41.8 Å². The molecule has 1 saturated heterocycles. The number of halogens is 1. The van der Waals surface area contributed by atoms with Gasteiger partial charge in [-0.2, -0.15) is 5.10 Å². The molecule has 0 aliphatic carbocycles. The fourth-order valence-corrected chi connectivity index (χ4v) is 3.75. The van der Waals surface area contributed by atoms with E-state index in [2.05, 4.69) is 32.6 Å². The molecule has 1 aliphatic rings. The monoisotopic (exact) mass is 441 g/mol. The van der Waals surface area contributed by atoms with Crippen LogP contribution < -0.4 is 15.5 Å². The molecule has 1 fully saturated rings. The Bertz CT molecular complexity index is 1080. The first kappa shape index (κ1) is 21.0. The van der Waals surface area contributed by atoms with Crippen LogP contribution in [0, 0.1) is 5.92 Å². The third-order valence-corrected chi connectivity index (χ3v) is 5.48. The number of aromatic nitrogens is 4. The fourth-order valence-electron chi connectivity index (χ4n) is 3.62. The zero-order valence-corrected chi connectivity index (χ0v) is 18.0. The van der Waals surface area contributed by atoms with Crippen molar-refractivity contribution in [3.63, 3.8) is 0 Å². The predicted molar refractivity (Wildman–Crippen MR) is 119 cm³/mol. The second-order valence-corrected chi connectivity index (χ2v) is 7.86. The minimum atomic E-state index is -0.385. The minimum Gasteiger partial charge on any atom is -0.369 e. The van der Waals surface area contributed by atoms with E-state index < -0.39 is 0 Å². The van der Waals surface area contributed by atoms with Crippen molar-refractivity contribution >= 4 is 46.0 Å². The van der Waals surface area contributed by atoms with Crippen LogP contribution >= 0.6 is 11.6 Å². The van der Waals surface area contributed by atoms with Crippen LogP contribution in [0.4, 0.5) is 11.5 Å². The third-order valence-electron chi connectivity index (χ3n) is 5.23. The van der Waals surface area contributed by atoms with Crippen LogP contribution in [0.1, 0.15) is 19.8 Å². The zero-order valence-electron chi connectivity index (χ0n) is 17.2. The normalized spacial score (nSPS) is 16.1. The summed E-state index contributed by atoms with van der Waals surface area (Å²) in [6.45, 7) is 4.13. The molecule has 31 heavy (non-hydrogen) atoms. The number of carbonyl (C=O) groups is 2. The molecule has 1 aliphatic heterocycles. The molecule has 4 rings (SSSR count). The highest BCUT2D eigenvalue weighted by Gasteiger charge is 2.34. The van der Waals surface area contributed by atoms with Gasteiger partial charge in [-0.3, -0.25) is 9.59 Å². The SMILES string of the molecule is CCCNc1ncnc2c1cnn2CCNC(=O)C1CC(=O)N(c2ccc(Cl)cc2)C1. The van der Waals surface area contributed by atoms with Crippen molar-refractivity contribution < 1.29 is 9.59 Å². The molecule has 10 heteroatoms. The van der Waals surface area contributed by atoms with E-state index in [1.165, 1.54) is 6.33 Å². The van der Waals surface area contributed by atoms with E-state index in [0.717, 1.165) is 29.9 Å². The van der Waals surface area contributed by atoms with E-state index >= 15 is 0 Å². The summed E-state index contributed by atoms with van der Waals surface area (Å²) in [5, 5.41) is 12.0. The second kappa shape index (κ2) is 9.30. The van der Waals surface area contributed by atoms with Gasteiger partial charge in [0.2, 0.25) is 11.8 Å². The summed E-state index contributed by atoms with van der Waals surface area (Å²) in [5.41, 5.74) is 1.47. The van der Waals surface area contributed by atoms with Gasteiger partial charge in [-0.25, -0.2) is 14.6 Å².